The largest absolute Gasteiger partial charge is 0.344 e. The number of aliphatic imine (C=N–C) groups is 2. The zero-order valence-electron chi connectivity index (χ0n) is 16.9. The molecule has 2 heterocycles. The van der Waals surface area contributed by atoms with Crippen LogP contribution in [-0.2, 0) is 20.9 Å². The third-order valence-electron chi connectivity index (χ3n) is 5.16. The van der Waals surface area contributed by atoms with Gasteiger partial charge in [0.2, 0.25) is 0 Å². The molecule has 10 heteroatoms. The Morgan fingerprint density at radius 3 is 2.71 bits per heavy atom. The van der Waals surface area contributed by atoms with E-state index in [1.54, 1.807) is 37.3 Å². The van der Waals surface area contributed by atoms with Crippen molar-refractivity contribution in [1.29, 1.82) is 0 Å². The number of fused-ring (bicyclic) bond motifs is 1. The van der Waals surface area contributed by atoms with Crippen molar-refractivity contribution >= 4 is 46.8 Å². The summed E-state index contributed by atoms with van der Waals surface area (Å²) in [6.07, 6.45) is 3.45. The monoisotopic (exact) mass is 440 g/mol. The van der Waals surface area contributed by atoms with E-state index < -0.39 is 11.8 Å². The van der Waals surface area contributed by atoms with E-state index in [-0.39, 0.29) is 30.1 Å². The van der Waals surface area contributed by atoms with Gasteiger partial charge in [0.05, 0.1) is 11.6 Å². The number of benzene rings is 1. The maximum atomic E-state index is 12.4. The molecular formula is C21H21ClN6O3. The second kappa shape index (κ2) is 8.81. The topological polar surface area (TPSA) is 118 Å². The molecule has 1 saturated carbocycles. The van der Waals surface area contributed by atoms with Crippen molar-refractivity contribution in [3.05, 3.63) is 46.6 Å². The van der Waals surface area contributed by atoms with Gasteiger partial charge in [0.15, 0.2) is 0 Å². The number of halogens is 1. The molecule has 0 spiro atoms. The maximum Gasteiger partial charge on any atom is 0.314 e. The van der Waals surface area contributed by atoms with Crippen LogP contribution >= 0.6 is 11.6 Å². The fourth-order valence-electron chi connectivity index (χ4n) is 3.60. The number of hydrogen-bond donors (Lipinski definition) is 2. The third-order valence-corrected chi connectivity index (χ3v) is 5.42. The normalized spacial score (nSPS) is 18.0. The van der Waals surface area contributed by atoms with Gasteiger partial charge >= 0.3 is 11.8 Å². The number of anilines is 1. The number of rotatable bonds is 3. The predicted octanol–water partition coefficient (Wildman–Crippen LogP) is 2.48. The Labute approximate surface area is 183 Å². The van der Waals surface area contributed by atoms with Gasteiger partial charge in [-0.25, -0.2) is 4.99 Å². The lowest BCUT2D eigenvalue weighted by Gasteiger charge is -2.24. The van der Waals surface area contributed by atoms with Gasteiger partial charge in [0, 0.05) is 23.3 Å². The highest BCUT2D eigenvalue weighted by molar-refractivity contribution is 6.39. The molecule has 160 valence electrons. The van der Waals surface area contributed by atoms with E-state index in [0.29, 0.717) is 10.7 Å². The van der Waals surface area contributed by atoms with Crippen molar-refractivity contribution in [2.45, 2.75) is 39.2 Å². The molecule has 0 saturated heterocycles. The van der Waals surface area contributed by atoms with E-state index in [2.05, 4.69) is 25.7 Å². The summed E-state index contributed by atoms with van der Waals surface area (Å²) >= 11 is 5.84. The fraction of sp³-hybridized carbons (Fsp3) is 0.333. The smallest absolute Gasteiger partial charge is 0.314 e. The van der Waals surface area contributed by atoms with Gasteiger partial charge in [0.1, 0.15) is 5.82 Å². The molecule has 1 aliphatic heterocycles. The van der Waals surface area contributed by atoms with Crippen LogP contribution in [0.1, 0.15) is 36.9 Å². The molecule has 0 radical (unpaired) electrons. The molecule has 4 rings (SSSR count). The minimum atomic E-state index is -0.860. The van der Waals surface area contributed by atoms with Crippen LogP contribution in [0.15, 0.2) is 40.3 Å². The summed E-state index contributed by atoms with van der Waals surface area (Å²) in [5.41, 5.74) is 2.18. The van der Waals surface area contributed by atoms with Crippen molar-refractivity contribution < 1.29 is 14.4 Å². The summed E-state index contributed by atoms with van der Waals surface area (Å²) in [6, 6.07) is 8.51. The van der Waals surface area contributed by atoms with Crippen LogP contribution < -0.4 is 10.6 Å². The molecule has 9 nitrogen and oxygen atoms in total. The number of nitrogens with one attached hydrogen (secondary N) is 2. The van der Waals surface area contributed by atoms with Gasteiger partial charge in [-0.1, -0.05) is 30.2 Å². The molecule has 0 bridgehead atoms. The molecule has 3 amide bonds. The van der Waals surface area contributed by atoms with E-state index in [1.807, 2.05) is 0 Å². The highest BCUT2D eigenvalue weighted by Gasteiger charge is 2.32. The number of carbonyl (C=O) groups is 3. The lowest BCUT2D eigenvalue weighted by molar-refractivity contribution is -0.136. The first-order valence-electron chi connectivity index (χ1n) is 10.0. The number of hydrogen-bond acceptors (Lipinski definition) is 5. The lowest BCUT2D eigenvalue weighted by atomic mass is 9.86. The van der Waals surface area contributed by atoms with E-state index in [9.17, 15) is 14.4 Å². The summed E-state index contributed by atoms with van der Waals surface area (Å²) in [4.78, 5) is 45.7. The predicted molar refractivity (Wildman–Crippen MR) is 116 cm³/mol. The van der Waals surface area contributed by atoms with Gasteiger partial charge in [-0.2, -0.15) is 14.8 Å². The number of amides is 3. The molecule has 1 fully saturated rings. The number of nitrogens with zero attached hydrogens (tertiary/aromatic N) is 4. The zero-order valence-corrected chi connectivity index (χ0v) is 17.6. The third kappa shape index (κ3) is 4.72. The highest BCUT2D eigenvalue weighted by Crippen LogP contribution is 2.26. The number of aromatic nitrogens is 2. The fourth-order valence-corrected chi connectivity index (χ4v) is 3.72. The standard InChI is InChI=1S/C21H21ClN6O3/c1-12-10-17(25-20(31)19(30)23-11-13-6-8-14(22)9-7-13)28(27-12)21-24-16-5-3-2-4-15(16)18(29)26-21/h6-10,15H,2-5,11H2,1H3,(H,23,30)(H,25,31). The van der Waals surface area contributed by atoms with Crippen LogP contribution in [-0.4, -0.2) is 39.2 Å². The Hall–Kier alpha value is -3.33. The minimum absolute atomic E-state index is 0.100. The van der Waals surface area contributed by atoms with Crippen LogP contribution in [0.4, 0.5) is 5.82 Å². The Morgan fingerprint density at radius 2 is 1.94 bits per heavy atom. The first-order chi connectivity index (χ1) is 14.9. The van der Waals surface area contributed by atoms with Crippen molar-refractivity contribution in [1.82, 2.24) is 15.1 Å². The van der Waals surface area contributed by atoms with Crippen molar-refractivity contribution in [2.24, 2.45) is 15.9 Å². The Kier molecular flexibility index (Phi) is 5.94. The lowest BCUT2D eigenvalue weighted by Crippen LogP contribution is -2.36. The van der Waals surface area contributed by atoms with Crippen LogP contribution in [0.3, 0.4) is 0 Å². The highest BCUT2D eigenvalue weighted by atomic mass is 35.5. The number of carbonyl (C=O) groups excluding carboxylic acids is 3. The summed E-state index contributed by atoms with van der Waals surface area (Å²) in [7, 11) is 0. The summed E-state index contributed by atoms with van der Waals surface area (Å²) in [5.74, 6) is -1.85. The van der Waals surface area contributed by atoms with Gasteiger partial charge in [-0.05, 0) is 43.9 Å². The molecule has 31 heavy (non-hydrogen) atoms. The first-order valence-corrected chi connectivity index (χ1v) is 10.4. The summed E-state index contributed by atoms with van der Waals surface area (Å²) in [5, 5.41) is 9.96. The average Bonchev–Trinajstić information content (AvgIpc) is 3.13. The van der Waals surface area contributed by atoms with Gasteiger partial charge in [-0.15, -0.1) is 0 Å². The summed E-state index contributed by atoms with van der Waals surface area (Å²) in [6.45, 7) is 1.91. The first kappa shape index (κ1) is 20.9. The van der Waals surface area contributed by atoms with Crippen LogP contribution in [0.5, 0.6) is 0 Å². The van der Waals surface area contributed by atoms with Crippen LogP contribution in [0, 0.1) is 12.8 Å². The molecule has 1 atom stereocenters. The molecular weight excluding hydrogens is 420 g/mol. The van der Waals surface area contributed by atoms with Crippen molar-refractivity contribution in [3.8, 4) is 0 Å². The van der Waals surface area contributed by atoms with E-state index in [1.165, 1.54) is 4.68 Å². The van der Waals surface area contributed by atoms with Crippen molar-refractivity contribution in [3.63, 3.8) is 0 Å². The van der Waals surface area contributed by atoms with Crippen LogP contribution in [0.2, 0.25) is 5.02 Å². The quantitative estimate of drug-likeness (QED) is 0.712. The number of aryl methyl sites for hydroxylation is 1. The Morgan fingerprint density at radius 1 is 1.16 bits per heavy atom. The average molecular weight is 441 g/mol. The molecule has 2 aliphatic rings. The minimum Gasteiger partial charge on any atom is -0.344 e. The molecule has 1 aliphatic carbocycles. The molecule has 2 N–H and O–H groups in total. The Bertz CT molecular complexity index is 1100. The SMILES string of the molecule is Cc1cc(NC(=O)C(=O)NCc2ccc(Cl)cc2)n(C2=NC(=O)C3CCCCC3=N2)n1. The Balaban J connectivity index is 1.46. The summed E-state index contributed by atoms with van der Waals surface area (Å²) < 4.78 is 1.29. The second-order valence-corrected chi connectivity index (χ2v) is 7.93. The van der Waals surface area contributed by atoms with Gasteiger partial charge in [-0.3, -0.25) is 14.4 Å². The van der Waals surface area contributed by atoms with E-state index in [0.717, 1.165) is 37.0 Å². The molecule has 2 aromatic rings. The van der Waals surface area contributed by atoms with E-state index >= 15 is 0 Å². The molecule has 1 aromatic carbocycles. The van der Waals surface area contributed by atoms with Gasteiger partial charge in [0.25, 0.3) is 11.9 Å². The maximum absolute atomic E-state index is 12.4. The van der Waals surface area contributed by atoms with Crippen LogP contribution in [0.25, 0.3) is 0 Å². The van der Waals surface area contributed by atoms with Crippen molar-refractivity contribution in [2.75, 3.05) is 5.32 Å². The second-order valence-electron chi connectivity index (χ2n) is 7.50. The zero-order chi connectivity index (χ0) is 22.0. The van der Waals surface area contributed by atoms with E-state index in [4.69, 9.17) is 11.6 Å². The molecule has 1 aromatic heterocycles. The molecule has 1 unspecified atom stereocenters. The van der Waals surface area contributed by atoms with Gasteiger partial charge < -0.3 is 10.6 Å².